The second kappa shape index (κ2) is 3.50. The first-order chi connectivity index (χ1) is 6.93. The molecular formula is C10H12BrFN2O. The van der Waals surface area contributed by atoms with Gasteiger partial charge in [-0.05, 0) is 35.3 Å². The smallest absolute Gasteiger partial charge is 0.217 e. The number of aliphatic hydroxyl groups is 1. The van der Waals surface area contributed by atoms with Crippen LogP contribution < -0.4 is 5.73 Å². The third kappa shape index (κ3) is 1.91. The van der Waals surface area contributed by atoms with Crippen LogP contribution in [0.4, 0.5) is 4.39 Å². The second-order valence-electron chi connectivity index (χ2n) is 4.18. The molecule has 1 aliphatic rings. The number of aromatic nitrogens is 1. The quantitative estimate of drug-likeness (QED) is 0.805. The van der Waals surface area contributed by atoms with Gasteiger partial charge in [0, 0.05) is 27.7 Å². The maximum Gasteiger partial charge on any atom is 0.217 e. The van der Waals surface area contributed by atoms with E-state index in [9.17, 15) is 9.50 Å². The van der Waals surface area contributed by atoms with Crippen LogP contribution in [0.25, 0.3) is 0 Å². The Balaban J connectivity index is 2.39. The Morgan fingerprint density at radius 2 is 2.33 bits per heavy atom. The molecule has 3 nitrogen and oxygen atoms in total. The van der Waals surface area contributed by atoms with Gasteiger partial charge >= 0.3 is 0 Å². The Labute approximate surface area is 95.6 Å². The van der Waals surface area contributed by atoms with Crippen LogP contribution in [0, 0.1) is 11.9 Å². The molecule has 0 unspecified atom stereocenters. The summed E-state index contributed by atoms with van der Waals surface area (Å²) < 4.78 is 14.2. The summed E-state index contributed by atoms with van der Waals surface area (Å²) in [7, 11) is 0. The highest BCUT2D eigenvalue weighted by Gasteiger charge is 2.49. The van der Waals surface area contributed by atoms with Crippen molar-refractivity contribution >= 4 is 15.9 Å². The summed E-state index contributed by atoms with van der Waals surface area (Å²) in [6.45, 7) is 1.72. The van der Waals surface area contributed by atoms with E-state index in [4.69, 9.17) is 5.73 Å². The molecule has 3 atom stereocenters. The Bertz CT molecular complexity index is 397. The number of hydrogen-bond acceptors (Lipinski definition) is 3. The molecule has 0 radical (unpaired) electrons. The fraction of sp³-hybridized carbons (Fsp3) is 0.500. The lowest BCUT2D eigenvalue weighted by atomic mass is 9.89. The van der Waals surface area contributed by atoms with Gasteiger partial charge in [-0.2, -0.15) is 4.39 Å². The summed E-state index contributed by atoms with van der Waals surface area (Å²) in [5.74, 6) is -0.648. The van der Waals surface area contributed by atoms with Gasteiger partial charge in [0.2, 0.25) is 5.95 Å². The zero-order valence-corrected chi connectivity index (χ0v) is 9.83. The van der Waals surface area contributed by atoms with Crippen molar-refractivity contribution in [2.45, 2.75) is 25.0 Å². The average molecular weight is 275 g/mol. The van der Waals surface area contributed by atoms with Gasteiger partial charge < -0.3 is 10.8 Å². The van der Waals surface area contributed by atoms with E-state index in [2.05, 4.69) is 20.9 Å². The predicted molar refractivity (Wildman–Crippen MR) is 57.5 cm³/mol. The number of halogens is 2. The first kappa shape index (κ1) is 11.0. The number of rotatable bonds is 2. The maximum atomic E-state index is 13.5. The van der Waals surface area contributed by atoms with Crippen molar-refractivity contribution < 1.29 is 9.50 Å². The van der Waals surface area contributed by atoms with Crippen LogP contribution in [0.15, 0.2) is 16.7 Å². The number of pyridine rings is 1. The lowest BCUT2D eigenvalue weighted by Gasteiger charge is -2.25. The normalized spacial score (nSPS) is 28.6. The standard InChI is InChI=1S/C10H12BrFN2O/c1-10(13,6-3-8(6)15)7-2-5(11)4-14-9(7)12/h2,4,6,8,15H,3,13H2,1H3/t6-,8+,10-/m1/s1. The topological polar surface area (TPSA) is 59.1 Å². The molecule has 5 heteroatoms. The highest BCUT2D eigenvalue weighted by Crippen LogP contribution is 2.44. The minimum Gasteiger partial charge on any atom is -0.393 e. The summed E-state index contributed by atoms with van der Waals surface area (Å²) in [6, 6.07) is 1.62. The van der Waals surface area contributed by atoms with Crippen LogP contribution in [0.3, 0.4) is 0 Å². The predicted octanol–water partition coefficient (Wildman–Crippen LogP) is 1.54. The lowest BCUT2D eigenvalue weighted by Crippen LogP contribution is -2.38. The number of nitrogens with two attached hydrogens (primary N) is 1. The largest absolute Gasteiger partial charge is 0.393 e. The van der Waals surface area contributed by atoms with E-state index in [-0.39, 0.29) is 5.92 Å². The van der Waals surface area contributed by atoms with Crippen LogP contribution in [0.2, 0.25) is 0 Å². The van der Waals surface area contributed by atoms with E-state index in [1.807, 2.05) is 0 Å². The highest BCUT2D eigenvalue weighted by atomic mass is 79.9. The Kier molecular flexibility index (Phi) is 2.56. The van der Waals surface area contributed by atoms with E-state index in [0.29, 0.717) is 16.5 Å². The first-order valence-corrected chi connectivity index (χ1v) is 5.50. The summed E-state index contributed by atoms with van der Waals surface area (Å²) in [5.41, 5.74) is 5.53. The highest BCUT2D eigenvalue weighted by molar-refractivity contribution is 9.10. The monoisotopic (exact) mass is 274 g/mol. The molecule has 1 heterocycles. The molecule has 15 heavy (non-hydrogen) atoms. The van der Waals surface area contributed by atoms with Gasteiger partial charge in [0.15, 0.2) is 0 Å². The van der Waals surface area contributed by atoms with Gasteiger partial charge in [-0.1, -0.05) is 0 Å². The molecule has 1 aliphatic carbocycles. The van der Waals surface area contributed by atoms with Gasteiger partial charge in [-0.15, -0.1) is 0 Å². The summed E-state index contributed by atoms with van der Waals surface area (Å²) in [6.07, 6.45) is 1.59. The molecular weight excluding hydrogens is 263 g/mol. The third-order valence-corrected chi connectivity index (χ3v) is 3.35. The molecule has 0 saturated heterocycles. The van der Waals surface area contributed by atoms with Gasteiger partial charge in [0.1, 0.15) is 0 Å². The molecule has 0 amide bonds. The molecule has 1 fully saturated rings. The van der Waals surface area contributed by atoms with Crippen molar-refractivity contribution in [3.8, 4) is 0 Å². The molecule has 0 aliphatic heterocycles. The molecule has 0 aromatic carbocycles. The SMILES string of the molecule is C[C@](N)(c1cc(Br)cnc1F)[C@@H]1C[C@@H]1O. The van der Waals surface area contributed by atoms with E-state index >= 15 is 0 Å². The minimum atomic E-state index is -0.861. The summed E-state index contributed by atoms with van der Waals surface area (Å²) in [5, 5.41) is 9.35. The number of aliphatic hydroxyl groups excluding tert-OH is 1. The Morgan fingerprint density at radius 1 is 1.73 bits per heavy atom. The molecule has 1 aromatic rings. The zero-order chi connectivity index (χ0) is 11.2. The van der Waals surface area contributed by atoms with Gasteiger partial charge in [-0.3, -0.25) is 0 Å². The first-order valence-electron chi connectivity index (χ1n) is 4.71. The van der Waals surface area contributed by atoms with Crippen molar-refractivity contribution in [2.75, 3.05) is 0 Å². The van der Waals surface area contributed by atoms with E-state index in [1.165, 1.54) is 6.20 Å². The Hall–Kier alpha value is -0.520. The van der Waals surface area contributed by atoms with Crippen molar-refractivity contribution in [3.63, 3.8) is 0 Å². The van der Waals surface area contributed by atoms with Crippen molar-refractivity contribution in [2.24, 2.45) is 11.7 Å². The van der Waals surface area contributed by atoms with Crippen LogP contribution in [-0.2, 0) is 5.54 Å². The molecule has 2 rings (SSSR count). The Morgan fingerprint density at radius 3 is 2.87 bits per heavy atom. The van der Waals surface area contributed by atoms with Crippen LogP contribution in [0.5, 0.6) is 0 Å². The average Bonchev–Trinajstić information content (AvgIpc) is 2.87. The van der Waals surface area contributed by atoms with Gasteiger partial charge in [0.05, 0.1) is 6.10 Å². The second-order valence-corrected chi connectivity index (χ2v) is 5.10. The van der Waals surface area contributed by atoms with Gasteiger partial charge in [0.25, 0.3) is 0 Å². The van der Waals surface area contributed by atoms with E-state index in [0.717, 1.165) is 0 Å². The van der Waals surface area contributed by atoms with Crippen molar-refractivity contribution in [1.82, 2.24) is 4.98 Å². The van der Waals surface area contributed by atoms with Crippen molar-refractivity contribution in [3.05, 3.63) is 28.2 Å². The molecule has 0 spiro atoms. The summed E-state index contributed by atoms with van der Waals surface area (Å²) >= 11 is 3.23. The number of hydrogen-bond donors (Lipinski definition) is 2. The fourth-order valence-corrected chi connectivity index (χ4v) is 2.16. The molecule has 0 bridgehead atoms. The van der Waals surface area contributed by atoms with Gasteiger partial charge in [-0.25, -0.2) is 4.98 Å². The molecule has 3 N–H and O–H groups in total. The van der Waals surface area contributed by atoms with E-state index in [1.54, 1.807) is 13.0 Å². The fourth-order valence-electron chi connectivity index (χ4n) is 1.83. The zero-order valence-electron chi connectivity index (χ0n) is 8.24. The van der Waals surface area contributed by atoms with Crippen molar-refractivity contribution in [1.29, 1.82) is 0 Å². The van der Waals surface area contributed by atoms with Crippen LogP contribution in [-0.4, -0.2) is 16.2 Å². The molecule has 82 valence electrons. The maximum absolute atomic E-state index is 13.5. The molecule has 1 saturated carbocycles. The third-order valence-electron chi connectivity index (χ3n) is 2.91. The minimum absolute atomic E-state index is 0.0805. The number of nitrogens with zero attached hydrogens (tertiary/aromatic N) is 1. The van der Waals surface area contributed by atoms with Crippen LogP contribution in [0.1, 0.15) is 18.9 Å². The van der Waals surface area contributed by atoms with Crippen LogP contribution >= 0.6 is 15.9 Å². The lowest BCUT2D eigenvalue weighted by molar-refractivity contribution is 0.227. The molecule has 1 aromatic heterocycles. The summed E-state index contributed by atoms with van der Waals surface area (Å²) in [4.78, 5) is 3.60. The van der Waals surface area contributed by atoms with E-state index < -0.39 is 17.6 Å².